The van der Waals surface area contributed by atoms with Crippen molar-refractivity contribution < 1.29 is 28.7 Å². The lowest BCUT2D eigenvalue weighted by Gasteiger charge is -2.17. The van der Waals surface area contributed by atoms with E-state index in [0.717, 1.165) is 16.0 Å². The lowest BCUT2D eigenvalue weighted by molar-refractivity contribution is -0.142. The number of amides is 3. The molecule has 3 aromatic rings. The number of aryl methyl sites for hydroxylation is 1. The number of hydrogen-bond acceptors (Lipinski definition) is 8. The molecule has 2 heterocycles. The number of anilines is 1. The number of ether oxygens (including phenoxy) is 2. The van der Waals surface area contributed by atoms with Crippen molar-refractivity contribution in [3.05, 3.63) is 76.7 Å². The number of nitrogens with two attached hydrogens (primary N) is 1. The molecule has 11 heteroatoms. The fourth-order valence-corrected chi connectivity index (χ4v) is 4.63. The van der Waals surface area contributed by atoms with Crippen LogP contribution in [0.5, 0.6) is 0 Å². The third-order valence-corrected chi connectivity index (χ3v) is 6.97. The number of thiophene rings is 1. The Kier molecular flexibility index (Phi) is 8.39. The zero-order valence-corrected chi connectivity index (χ0v) is 21.7. The third-order valence-electron chi connectivity index (χ3n) is 6.05. The molecule has 3 atom stereocenters. The van der Waals surface area contributed by atoms with Crippen LogP contribution in [-0.2, 0) is 30.3 Å². The van der Waals surface area contributed by atoms with Gasteiger partial charge in [0.05, 0.1) is 13.2 Å². The lowest BCUT2D eigenvalue weighted by Crippen LogP contribution is -2.44. The van der Waals surface area contributed by atoms with Crippen molar-refractivity contribution in [2.75, 3.05) is 12.8 Å². The molecule has 1 aliphatic heterocycles. The van der Waals surface area contributed by atoms with Crippen molar-refractivity contribution in [1.82, 2.24) is 16.2 Å². The highest BCUT2D eigenvalue weighted by Crippen LogP contribution is 2.27. The van der Waals surface area contributed by atoms with Gasteiger partial charge >= 0.3 is 5.97 Å². The minimum absolute atomic E-state index is 0.00511. The number of carbonyl (C=O) groups excluding carboxylic acids is 4. The molecule has 1 aliphatic rings. The Bertz CT molecular complexity index is 1340. The number of esters is 1. The van der Waals surface area contributed by atoms with E-state index in [1.807, 2.05) is 42.6 Å². The molecule has 1 saturated heterocycles. The predicted molar refractivity (Wildman–Crippen MR) is 142 cm³/mol. The molecule has 3 amide bonds. The van der Waals surface area contributed by atoms with Crippen LogP contribution in [0.2, 0.25) is 0 Å². The lowest BCUT2D eigenvalue weighted by atomic mass is 9.99. The number of hydrogen-bond donors (Lipinski definition) is 4. The minimum Gasteiger partial charge on any atom is -0.467 e. The Morgan fingerprint density at radius 2 is 1.87 bits per heavy atom. The summed E-state index contributed by atoms with van der Waals surface area (Å²) >= 11 is 1.65. The van der Waals surface area contributed by atoms with Gasteiger partial charge in [0.15, 0.2) is 12.2 Å². The summed E-state index contributed by atoms with van der Waals surface area (Å²) in [6.07, 6.45) is -1.73. The van der Waals surface area contributed by atoms with Crippen LogP contribution in [-0.4, -0.2) is 43.0 Å². The molecule has 0 radical (unpaired) electrons. The number of nitrogen functional groups attached to an aromatic ring is 1. The summed E-state index contributed by atoms with van der Waals surface area (Å²) in [7, 11) is 1.19. The zero-order valence-electron chi connectivity index (χ0n) is 20.9. The second-order valence-corrected chi connectivity index (χ2v) is 9.70. The van der Waals surface area contributed by atoms with Gasteiger partial charge in [-0.15, -0.1) is 11.3 Å². The summed E-state index contributed by atoms with van der Waals surface area (Å²) in [5, 5.41) is 5.04. The fourth-order valence-electron chi connectivity index (χ4n) is 3.91. The monoisotopic (exact) mass is 536 g/mol. The van der Waals surface area contributed by atoms with Crippen LogP contribution < -0.4 is 21.9 Å². The van der Waals surface area contributed by atoms with Crippen molar-refractivity contribution in [3.63, 3.8) is 0 Å². The topological polar surface area (TPSA) is 152 Å². The van der Waals surface area contributed by atoms with E-state index in [0.29, 0.717) is 16.8 Å². The van der Waals surface area contributed by atoms with Gasteiger partial charge in [-0.3, -0.25) is 25.2 Å². The zero-order chi connectivity index (χ0) is 27.2. The molecule has 38 heavy (non-hydrogen) atoms. The second kappa shape index (κ2) is 11.9. The SMILES string of the molecule is COC(=O)C1OC1C(=O)NNC(=O)CCc1ccc(N)cc1C(=O)N[C@H](C)c1cccc(-c2cccs2)c1. The van der Waals surface area contributed by atoms with Gasteiger partial charge in [0.25, 0.3) is 11.8 Å². The molecule has 0 saturated carbocycles. The van der Waals surface area contributed by atoms with Gasteiger partial charge < -0.3 is 20.5 Å². The van der Waals surface area contributed by atoms with Crippen molar-refractivity contribution in [2.24, 2.45) is 0 Å². The van der Waals surface area contributed by atoms with E-state index in [1.54, 1.807) is 29.5 Å². The van der Waals surface area contributed by atoms with Crippen LogP contribution in [0.15, 0.2) is 60.0 Å². The Morgan fingerprint density at radius 1 is 1.05 bits per heavy atom. The molecular weight excluding hydrogens is 508 g/mol. The number of carbonyl (C=O) groups is 4. The molecule has 1 aromatic heterocycles. The molecule has 0 spiro atoms. The summed E-state index contributed by atoms with van der Waals surface area (Å²) in [4.78, 5) is 50.0. The van der Waals surface area contributed by atoms with Gasteiger partial charge in [-0.2, -0.15) is 0 Å². The van der Waals surface area contributed by atoms with Crippen LogP contribution in [0.25, 0.3) is 10.4 Å². The van der Waals surface area contributed by atoms with E-state index in [4.69, 9.17) is 10.5 Å². The summed E-state index contributed by atoms with van der Waals surface area (Å²) in [5.74, 6) is -2.10. The van der Waals surface area contributed by atoms with Crippen LogP contribution in [0.3, 0.4) is 0 Å². The van der Waals surface area contributed by atoms with Gasteiger partial charge in [-0.25, -0.2) is 4.79 Å². The number of hydrazine groups is 1. The molecule has 198 valence electrons. The normalized spacial score (nSPS) is 16.7. The average Bonchev–Trinajstić information content (AvgIpc) is 3.54. The standard InChI is InChI=1S/C27H28N4O6S/c1-15(17-5-3-6-18(13-17)21-7-4-12-38-21)29-25(33)20-14-19(28)10-8-16(20)9-11-22(32)30-31-26(34)23-24(37-23)27(35)36-2/h3-8,10,12-15,23-24H,9,11,28H2,1-2H3,(H,29,33)(H,30,32)(H,31,34)/t15-,23?,24?/m1/s1. The first-order valence-corrected chi connectivity index (χ1v) is 12.8. The third kappa shape index (κ3) is 6.55. The van der Waals surface area contributed by atoms with Crippen molar-refractivity contribution in [2.45, 2.75) is 38.0 Å². The molecule has 10 nitrogen and oxygen atoms in total. The van der Waals surface area contributed by atoms with E-state index in [-0.39, 0.29) is 24.8 Å². The number of epoxide rings is 1. The van der Waals surface area contributed by atoms with Gasteiger partial charge in [-0.05, 0) is 59.7 Å². The first-order valence-electron chi connectivity index (χ1n) is 11.9. The summed E-state index contributed by atoms with van der Waals surface area (Å²) in [6, 6.07) is 16.7. The maximum Gasteiger partial charge on any atom is 0.338 e. The Labute approximate surface area is 223 Å². The summed E-state index contributed by atoms with van der Waals surface area (Å²) in [6.45, 7) is 1.90. The van der Waals surface area contributed by atoms with Crippen molar-refractivity contribution >= 4 is 40.7 Å². The van der Waals surface area contributed by atoms with Crippen LogP contribution in [0.1, 0.15) is 40.9 Å². The maximum absolute atomic E-state index is 13.2. The van der Waals surface area contributed by atoms with Gasteiger partial charge in [0.2, 0.25) is 5.91 Å². The molecule has 2 aromatic carbocycles. The predicted octanol–water partition coefficient (Wildman–Crippen LogP) is 2.51. The molecule has 0 bridgehead atoms. The Hall–Kier alpha value is -4.22. The van der Waals surface area contributed by atoms with Crippen LogP contribution in [0.4, 0.5) is 5.69 Å². The van der Waals surface area contributed by atoms with Gasteiger partial charge in [0.1, 0.15) is 0 Å². The molecular formula is C27H28N4O6S. The number of methoxy groups -OCH3 is 1. The fraction of sp³-hybridized carbons (Fsp3) is 0.259. The van der Waals surface area contributed by atoms with E-state index in [1.165, 1.54) is 7.11 Å². The smallest absolute Gasteiger partial charge is 0.338 e. The van der Waals surface area contributed by atoms with Gasteiger partial charge in [-0.1, -0.05) is 30.3 Å². The first-order chi connectivity index (χ1) is 18.3. The largest absolute Gasteiger partial charge is 0.467 e. The highest BCUT2D eigenvalue weighted by atomic mass is 32.1. The number of rotatable bonds is 9. The summed E-state index contributed by atoms with van der Waals surface area (Å²) in [5.41, 5.74) is 13.9. The summed E-state index contributed by atoms with van der Waals surface area (Å²) < 4.78 is 9.45. The number of nitrogens with one attached hydrogen (secondary N) is 3. The van der Waals surface area contributed by atoms with Crippen molar-refractivity contribution in [1.29, 1.82) is 0 Å². The van der Waals surface area contributed by atoms with E-state index < -0.39 is 30.0 Å². The second-order valence-electron chi connectivity index (χ2n) is 8.75. The van der Waals surface area contributed by atoms with Crippen LogP contribution >= 0.6 is 11.3 Å². The molecule has 2 unspecified atom stereocenters. The Balaban J connectivity index is 1.34. The molecule has 0 aliphatic carbocycles. The Morgan fingerprint density at radius 3 is 2.61 bits per heavy atom. The minimum atomic E-state index is -0.997. The highest BCUT2D eigenvalue weighted by molar-refractivity contribution is 7.13. The van der Waals surface area contributed by atoms with Crippen LogP contribution in [0, 0.1) is 0 Å². The van der Waals surface area contributed by atoms with E-state index >= 15 is 0 Å². The first kappa shape index (κ1) is 26.8. The molecule has 5 N–H and O–H groups in total. The quantitative estimate of drug-likeness (QED) is 0.142. The maximum atomic E-state index is 13.2. The van der Waals surface area contributed by atoms with E-state index in [2.05, 4.69) is 27.0 Å². The van der Waals surface area contributed by atoms with Crippen molar-refractivity contribution in [3.8, 4) is 10.4 Å². The van der Waals surface area contributed by atoms with E-state index in [9.17, 15) is 19.2 Å². The number of benzene rings is 2. The average molecular weight is 537 g/mol. The highest BCUT2D eigenvalue weighted by Gasteiger charge is 2.51. The molecule has 4 rings (SSSR count). The van der Waals surface area contributed by atoms with Gasteiger partial charge in [0, 0.05) is 22.5 Å². The molecule has 1 fully saturated rings.